The van der Waals surface area contributed by atoms with E-state index in [1.165, 1.54) is 11.8 Å². The summed E-state index contributed by atoms with van der Waals surface area (Å²) >= 11 is 6.75. The highest BCUT2D eigenvalue weighted by Crippen LogP contribution is 2.33. The number of thiocarbonyl (C=S) groups is 1. The summed E-state index contributed by atoms with van der Waals surface area (Å²) in [5.74, 6) is 0.614. The second-order valence-electron chi connectivity index (χ2n) is 8.01. The predicted molar refractivity (Wildman–Crippen MR) is 146 cm³/mol. The summed E-state index contributed by atoms with van der Waals surface area (Å²) in [6.45, 7) is 0.897. The number of hydrogen-bond acceptors (Lipinski definition) is 5. The number of para-hydroxylation sites is 1. The van der Waals surface area contributed by atoms with Crippen LogP contribution < -0.4 is 9.64 Å². The van der Waals surface area contributed by atoms with Gasteiger partial charge in [0.05, 0.1) is 18.6 Å². The summed E-state index contributed by atoms with van der Waals surface area (Å²) in [7, 11) is 1.61. The van der Waals surface area contributed by atoms with Crippen LogP contribution in [0, 0.1) is 0 Å². The first-order valence-electron chi connectivity index (χ1n) is 11.3. The third-order valence-corrected chi connectivity index (χ3v) is 6.97. The summed E-state index contributed by atoms with van der Waals surface area (Å²) in [6, 6.07) is 27.1. The van der Waals surface area contributed by atoms with E-state index in [0.717, 1.165) is 22.6 Å². The molecule has 5 nitrogen and oxygen atoms in total. The average molecular weight is 503 g/mol. The molecule has 7 heteroatoms. The van der Waals surface area contributed by atoms with Gasteiger partial charge in [0.2, 0.25) is 5.91 Å². The highest BCUT2D eigenvalue weighted by Gasteiger charge is 2.31. The fraction of sp³-hybridized carbons (Fsp3) is 0.179. The van der Waals surface area contributed by atoms with Crippen LogP contribution in [0.15, 0.2) is 89.8 Å². The quantitative estimate of drug-likeness (QED) is 0.269. The number of methoxy groups -OCH3 is 1. The van der Waals surface area contributed by atoms with Gasteiger partial charge in [0.25, 0.3) is 5.91 Å². The van der Waals surface area contributed by atoms with Crippen LogP contribution in [0.5, 0.6) is 5.75 Å². The molecule has 35 heavy (non-hydrogen) atoms. The largest absolute Gasteiger partial charge is 0.497 e. The number of benzene rings is 3. The highest BCUT2D eigenvalue weighted by molar-refractivity contribution is 8.26. The molecule has 178 valence electrons. The molecule has 0 bridgehead atoms. The van der Waals surface area contributed by atoms with Gasteiger partial charge in [-0.15, -0.1) is 0 Å². The first-order chi connectivity index (χ1) is 17.0. The topological polar surface area (TPSA) is 49.9 Å². The minimum absolute atomic E-state index is 0.0115. The van der Waals surface area contributed by atoms with Crippen molar-refractivity contribution in [2.75, 3.05) is 18.6 Å². The summed E-state index contributed by atoms with van der Waals surface area (Å²) < 4.78 is 5.77. The number of anilines is 1. The fourth-order valence-corrected chi connectivity index (χ4v) is 5.10. The van der Waals surface area contributed by atoms with Crippen molar-refractivity contribution < 1.29 is 14.3 Å². The second kappa shape index (κ2) is 11.8. The van der Waals surface area contributed by atoms with E-state index in [1.54, 1.807) is 16.9 Å². The van der Waals surface area contributed by atoms with Crippen molar-refractivity contribution in [2.24, 2.45) is 0 Å². The Labute approximate surface area is 215 Å². The van der Waals surface area contributed by atoms with Gasteiger partial charge in [0.1, 0.15) is 10.1 Å². The zero-order valence-electron chi connectivity index (χ0n) is 19.4. The lowest BCUT2D eigenvalue weighted by Crippen LogP contribution is -2.33. The molecule has 4 rings (SSSR count). The van der Waals surface area contributed by atoms with Crippen LogP contribution in [0.2, 0.25) is 0 Å². The Bertz CT molecular complexity index is 1230. The Kier molecular flexibility index (Phi) is 8.34. The molecule has 3 aromatic rings. The lowest BCUT2D eigenvalue weighted by molar-refractivity contribution is -0.123. The molecule has 0 radical (unpaired) electrons. The lowest BCUT2D eigenvalue weighted by atomic mass is 10.1. The van der Waals surface area contributed by atoms with Crippen molar-refractivity contribution in [2.45, 2.75) is 19.4 Å². The van der Waals surface area contributed by atoms with Gasteiger partial charge in [-0.3, -0.25) is 14.5 Å². The summed E-state index contributed by atoms with van der Waals surface area (Å²) in [5.41, 5.74) is 2.79. The van der Waals surface area contributed by atoms with Crippen molar-refractivity contribution in [1.82, 2.24) is 4.90 Å². The lowest BCUT2D eigenvalue weighted by Gasteiger charge is -2.24. The average Bonchev–Trinajstić information content (AvgIpc) is 3.15. The maximum absolute atomic E-state index is 13.2. The standard InChI is InChI=1S/C28H26N2O3S2/c1-33-24-15-8-12-22(18-24)19-25-27(32)29(28(34)35-25)17-9-16-26(31)30(23-13-6-3-7-14-23)20-21-10-4-2-5-11-21/h2-8,10-15,18-19H,9,16-17,20H2,1H3/b25-19-. The molecule has 1 aliphatic heterocycles. The van der Waals surface area contributed by atoms with Gasteiger partial charge in [-0.2, -0.15) is 0 Å². The predicted octanol–water partition coefficient (Wildman–Crippen LogP) is 5.91. The summed E-state index contributed by atoms with van der Waals surface area (Å²) in [6.07, 6.45) is 2.66. The SMILES string of the molecule is COc1cccc(/C=C2\SC(=S)N(CCCC(=O)N(Cc3ccccc3)c3ccccc3)C2=O)c1. The summed E-state index contributed by atoms with van der Waals surface area (Å²) in [5, 5.41) is 0. The van der Waals surface area contributed by atoms with Crippen LogP contribution in [0.25, 0.3) is 6.08 Å². The first kappa shape index (κ1) is 24.7. The Morgan fingerprint density at radius 2 is 1.74 bits per heavy atom. The van der Waals surface area contributed by atoms with Crippen molar-refractivity contribution >= 4 is 51.9 Å². The monoisotopic (exact) mass is 502 g/mol. The Hall–Kier alpha value is -3.42. The van der Waals surface area contributed by atoms with Gasteiger partial charge < -0.3 is 9.64 Å². The highest BCUT2D eigenvalue weighted by atomic mass is 32.2. The van der Waals surface area contributed by atoms with E-state index in [0.29, 0.717) is 35.2 Å². The van der Waals surface area contributed by atoms with E-state index in [2.05, 4.69) is 0 Å². The third kappa shape index (κ3) is 6.38. The number of ether oxygens (including phenoxy) is 1. The van der Waals surface area contributed by atoms with E-state index in [1.807, 2.05) is 91.0 Å². The number of amides is 2. The van der Waals surface area contributed by atoms with E-state index in [4.69, 9.17) is 17.0 Å². The molecule has 0 unspecified atom stereocenters. The van der Waals surface area contributed by atoms with E-state index in [-0.39, 0.29) is 11.8 Å². The van der Waals surface area contributed by atoms with E-state index < -0.39 is 0 Å². The zero-order valence-corrected chi connectivity index (χ0v) is 21.1. The van der Waals surface area contributed by atoms with Crippen LogP contribution in [0.4, 0.5) is 5.69 Å². The Morgan fingerprint density at radius 3 is 2.46 bits per heavy atom. The van der Waals surface area contributed by atoms with Gasteiger partial charge >= 0.3 is 0 Å². The number of hydrogen-bond donors (Lipinski definition) is 0. The van der Waals surface area contributed by atoms with Crippen molar-refractivity contribution in [1.29, 1.82) is 0 Å². The number of thioether (sulfide) groups is 1. The summed E-state index contributed by atoms with van der Waals surface area (Å²) in [4.78, 5) is 30.1. The molecule has 1 saturated heterocycles. The van der Waals surface area contributed by atoms with Crippen LogP contribution in [0.1, 0.15) is 24.0 Å². The fourth-order valence-electron chi connectivity index (χ4n) is 3.80. The molecule has 1 heterocycles. The maximum Gasteiger partial charge on any atom is 0.266 e. The molecule has 0 spiro atoms. The molecule has 0 N–H and O–H groups in total. The van der Waals surface area contributed by atoms with E-state index in [9.17, 15) is 9.59 Å². The van der Waals surface area contributed by atoms with Gasteiger partial charge in [-0.25, -0.2) is 0 Å². The van der Waals surface area contributed by atoms with Crippen LogP contribution in [-0.4, -0.2) is 34.7 Å². The van der Waals surface area contributed by atoms with Gasteiger partial charge in [0, 0.05) is 18.7 Å². The molecular formula is C28H26N2O3S2. The van der Waals surface area contributed by atoms with Crippen molar-refractivity contribution in [3.63, 3.8) is 0 Å². The van der Waals surface area contributed by atoms with Crippen LogP contribution in [0.3, 0.4) is 0 Å². The Balaban J connectivity index is 1.39. The molecule has 0 atom stereocenters. The number of nitrogens with zero attached hydrogens (tertiary/aromatic N) is 2. The van der Waals surface area contributed by atoms with Gasteiger partial charge in [-0.1, -0.05) is 84.6 Å². The minimum Gasteiger partial charge on any atom is -0.497 e. The molecule has 0 saturated carbocycles. The van der Waals surface area contributed by atoms with Crippen molar-refractivity contribution in [3.05, 3.63) is 101 Å². The van der Waals surface area contributed by atoms with Gasteiger partial charge in [0.15, 0.2) is 0 Å². The Morgan fingerprint density at radius 1 is 1.03 bits per heavy atom. The number of carbonyl (C=O) groups is 2. The minimum atomic E-state index is -0.125. The number of rotatable bonds is 9. The molecule has 0 aromatic heterocycles. The molecule has 3 aromatic carbocycles. The van der Waals surface area contributed by atoms with E-state index >= 15 is 0 Å². The molecular weight excluding hydrogens is 476 g/mol. The smallest absolute Gasteiger partial charge is 0.266 e. The molecule has 2 amide bonds. The molecule has 1 fully saturated rings. The van der Waals surface area contributed by atoms with Gasteiger partial charge in [-0.05, 0) is 47.9 Å². The maximum atomic E-state index is 13.2. The van der Waals surface area contributed by atoms with Crippen LogP contribution in [-0.2, 0) is 16.1 Å². The second-order valence-corrected chi connectivity index (χ2v) is 9.69. The number of carbonyl (C=O) groups excluding carboxylic acids is 2. The zero-order chi connectivity index (χ0) is 24.6. The first-order valence-corrected chi connectivity index (χ1v) is 12.6. The third-order valence-electron chi connectivity index (χ3n) is 5.59. The molecule has 0 aliphatic carbocycles. The molecule has 1 aliphatic rings. The normalized spacial score (nSPS) is 14.4. The van der Waals surface area contributed by atoms with Crippen LogP contribution >= 0.6 is 24.0 Å². The van der Waals surface area contributed by atoms with Crippen molar-refractivity contribution in [3.8, 4) is 5.75 Å².